The molecule has 5 rings (SSSR count). The van der Waals surface area contributed by atoms with Crippen LogP contribution in [0.5, 0.6) is 0 Å². The second-order valence-corrected chi connectivity index (χ2v) is 5.37. The van der Waals surface area contributed by atoms with Gasteiger partial charge in [-0.1, -0.05) is 35.8 Å². The summed E-state index contributed by atoms with van der Waals surface area (Å²) in [5, 5.41) is 2.90. The molecule has 5 aromatic rings. The lowest BCUT2D eigenvalue weighted by atomic mass is 9.94. The van der Waals surface area contributed by atoms with Crippen LogP contribution in [0.1, 0.15) is 0 Å². The Balaban J connectivity index is 2.29. The van der Waals surface area contributed by atoms with E-state index in [1.807, 2.05) is 36.4 Å². The van der Waals surface area contributed by atoms with Crippen molar-refractivity contribution in [2.45, 2.75) is 0 Å². The first kappa shape index (κ1) is 11.7. The highest BCUT2D eigenvalue weighted by atomic mass is 16.1. The van der Waals surface area contributed by atoms with E-state index in [1.165, 1.54) is 0 Å². The normalized spacial score (nSPS) is 12.0. The maximum Gasteiger partial charge on any atom is 0.283 e. The fourth-order valence-electron chi connectivity index (χ4n) is 3.29. The fourth-order valence-corrected chi connectivity index (χ4v) is 3.29. The number of nitrogens with zero attached hydrogens (tertiary/aromatic N) is 3. The Bertz CT molecular complexity index is 1260. The van der Waals surface area contributed by atoms with Crippen molar-refractivity contribution in [3.05, 3.63) is 59.1 Å². The minimum Gasteiger partial charge on any atom is -0.274 e. The summed E-state index contributed by atoms with van der Waals surface area (Å²) in [5.74, 6) is 0. The first-order valence-corrected chi connectivity index (χ1v) is 6.94. The molecule has 0 aliphatic heterocycles. The number of pyridine rings is 1. The van der Waals surface area contributed by atoms with Crippen LogP contribution in [0.25, 0.3) is 38.2 Å². The minimum absolute atomic E-state index is 0.147. The Morgan fingerprint density at radius 1 is 0.909 bits per heavy atom. The summed E-state index contributed by atoms with van der Waals surface area (Å²) in [6.45, 7) is 0. The molecule has 0 fully saturated rings. The van der Waals surface area contributed by atoms with Crippen molar-refractivity contribution in [2.24, 2.45) is 0 Å². The molecule has 22 heavy (non-hydrogen) atoms. The smallest absolute Gasteiger partial charge is 0.274 e. The van der Waals surface area contributed by atoms with Crippen molar-refractivity contribution in [2.75, 3.05) is 0 Å². The molecule has 100 valence electrons. The van der Waals surface area contributed by atoms with Crippen LogP contribution in [0.15, 0.2) is 53.6 Å². The highest BCUT2D eigenvalue weighted by Crippen LogP contribution is 2.32. The molecule has 0 atom stereocenters. The predicted molar refractivity (Wildman–Crippen MR) is 88.3 cm³/mol. The second-order valence-electron chi connectivity index (χ2n) is 5.37. The topological polar surface area (TPSA) is 47.3 Å². The van der Waals surface area contributed by atoms with Gasteiger partial charge in [0.1, 0.15) is 13.4 Å². The zero-order chi connectivity index (χ0) is 14.8. The van der Waals surface area contributed by atoms with Crippen molar-refractivity contribution < 1.29 is 0 Å². The van der Waals surface area contributed by atoms with E-state index in [2.05, 4.69) is 9.97 Å². The van der Waals surface area contributed by atoms with Crippen LogP contribution in [0.3, 0.4) is 0 Å². The molecule has 0 amide bonds. The molecule has 0 saturated heterocycles. The van der Waals surface area contributed by atoms with Crippen molar-refractivity contribution in [3.63, 3.8) is 0 Å². The summed E-state index contributed by atoms with van der Waals surface area (Å²) in [4.78, 5) is 21.5. The van der Waals surface area contributed by atoms with Crippen molar-refractivity contribution >= 4 is 51.5 Å². The molecule has 5 heteroatoms. The molecule has 3 heterocycles. The van der Waals surface area contributed by atoms with Gasteiger partial charge in [0.15, 0.2) is 5.52 Å². The Morgan fingerprint density at radius 3 is 2.55 bits per heavy atom. The summed E-state index contributed by atoms with van der Waals surface area (Å²) in [7, 11) is 5.92. The standard InChI is InChI=1S/C17H8BN3O/c18-9-4-5-13-12(8-9)10-2-1-3-11-14-15(20-7-6-19-14)17(22)21(13)16(10)11/h1-8H. The van der Waals surface area contributed by atoms with Gasteiger partial charge in [0.05, 0.1) is 11.0 Å². The molecule has 4 nitrogen and oxygen atoms in total. The number of hydrogen-bond donors (Lipinski definition) is 0. The number of aromatic nitrogens is 3. The van der Waals surface area contributed by atoms with Crippen LogP contribution in [0, 0.1) is 0 Å². The highest BCUT2D eigenvalue weighted by molar-refractivity contribution is 6.34. The molecule has 0 spiro atoms. The first-order chi connectivity index (χ1) is 10.8. The average molecular weight is 281 g/mol. The Kier molecular flexibility index (Phi) is 2.03. The van der Waals surface area contributed by atoms with Gasteiger partial charge in [-0.05, 0) is 6.07 Å². The maximum atomic E-state index is 12.9. The third-order valence-corrected chi connectivity index (χ3v) is 4.17. The van der Waals surface area contributed by atoms with Gasteiger partial charge in [-0.25, -0.2) is 4.98 Å². The van der Waals surface area contributed by atoms with Gasteiger partial charge in [-0.2, -0.15) is 0 Å². The van der Waals surface area contributed by atoms with Crippen LogP contribution < -0.4 is 11.0 Å². The van der Waals surface area contributed by atoms with Crippen LogP contribution in [0.2, 0.25) is 0 Å². The summed E-state index contributed by atoms with van der Waals surface area (Å²) in [6, 6.07) is 11.5. The Labute approximate surface area is 125 Å². The molecule has 0 aliphatic rings. The summed E-state index contributed by atoms with van der Waals surface area (Å²) in [5.41, 5.74) is 3.28. The van der Waals surface area contributed by atoms with E-state index in [0.29, 0.717) is 16.5 Å². The lowest BCUT2D eigenvalue weighted by Crippen LogP contribution is -2.14. The van der Waals surface area contributed by atoms with E-state index < -0.39 is 0 Å². The van der Waals surface area contributed by atoms with Crippen LogP contribution in [-0.2, 0) is 0 Å². The molecule has 0 saturated carbocycles. The predicted octanol–water partition coefficient (Wildman–Crippen LogP) is 1.78. The number of para-hydroxylation sites is 1. The SMILES string of the molecule is [B]c1ccc2c(c1)c1cccc3c4nccnc4c(=O)n2c13. The number of rotatable bonds is 0. The van der Waals surface area contributed by atoms with E-state index >= 15 is 0 Å². The van der Waals surface area contributed by atoms with Crippen LogP contribution in [-0.4, -0.2) is 22.2 Å². The van der Waals surface area contributed by atoms with Gasteiger partial charge in [0, 0.05) is 28.6 Å². The number of fused-ring (bicyclic) bond motifs is 5. The van der Waals surface area contributed by atoms with E-state index in [9.17, 15) is 4.79 Å². The van der Waals surface area contributed by atoms with Gasteiger partial charge in [0.25, 0.3) is 5.56 Å². The fraction of sp³-hybridized carbons (Fsp3) is 0. The zero-order valence-corrected chi connectivity index (χ0v) is 11.4. The minimum atomic E-state index is -0.147. The zero-order valence-electron chi connectivity index (χ0n) is 11.4. The maximum absolute atomic E-state index is 12.9. The van der Waals surface area contributed by atoms with Gasteiger partial charge < -0.3 is 0 Å². The van der Waals surface area contributed by atoms with Crippen LogP contribution >= 0.6 is 0 Å². The second kappa shape index (κ2) is 3.82. The molecule has 0 aliphatic carbocycles. The van der Waals surface area contributed by atoms with Crippen molar-refractivity contribution in [1.82, 2.24) is 14.4 Å². The van der Waals surface area contributed by atoms with Gasteiger partial charge in [-0.15, -0.1) is 0 Å². The van der Waals surface area contributed by atoms with E-state index in [-0.39, 0.29) is 5.56 Å². The van der Waals surface area contributed by atoms with Crippen molar-refractivity contribution in [3.8, 4) is 0 Å². The van der Waals surface area contributed by atoms with E-state index in [0.717, 1.165) is 27.2 Å². The third kappa shape index (κ3) is 1.26. The quantitative estimate of drug-likeness (QED) is 0.321. The Hall–Kier alpha value is -2.95. The van der Waals surface area contributed by atoms with E-state index in [4.69, 9.17) is 7.85 Å². The molecule has 0 N–H and O–H groups in total. The number of benzene rings is 2. The monoisotopic (exact) mass is 281 g/mol. The molecule has 3 aromatic heterocycles. The van der Waals surface area contributed by atoms with Gasteiger partial charge >= 0.3 is 0 Å². The largest absolute Gasteiger partial charge is 0.283 e. The molecular formula is C17H8BN3O. The number of hydrogen-bond acceptors (Lipinski definition) is 3. The van der Waals surface area contributed by atoms with Gasteiger partial charge in [0.2, 0.25) is 0 Å². The third-order valence-electron chi connectivity index (χ3n) is 4.17. The molecule has 0 bridgehead atoms. The first-order valence-electron chi connectivity index (χ1n) is 6.94. The summed E-state index contributed by atoms with van der Waals surface area (Å²) >= 11 is 0. The summed E-state index contributed by atoms with van der Waals surface area (Å²) < 4.78 is 1.72. The van der Waals surface area contributed by atoms with Crippen LogP contribution in [0.4, 0.5) is 0 Å². The molecule has 2 radical (unpaired) electrons. The molecule has 2 aromatic carbocycles. The molecular weight excluding hydrogens is 273 g/mol. The summed E-state index contributed by atoms with van der Waals surface area (Å²) in [6.07, 6.45) is 3.16. The average Bonchev–Trinajstić information content (AvgIpc) is 2.88. The highest BCUT2D eigenvalue weighted by Gasteiger charge is 2.17. The van der Waals surface area contributed by atoms with E-state index in [1.54, 1.807) is 16.8 Å². The van der Waals surface area contributed by atoms with Crippen molar-refractivity contribution in [1.29, 1.82) is 0 Å². The van der Waals surface area contributed by atoms with Gasteiger partial charge in [-0.3, -0.25) is 14.2 Å². The lowest BCUT2D eigenvalue weighted by Gasteiger charge is -2.04. The Morgan fingerprint density at radius 2 is 1.68 bits per heavy atom. The lowest BCUT2D eigenvalue weighted by molar-refractivity contribution is 1.17. The molecule has 0 unspecified atom stereocenters.